The van der Waals surface area contributed by atoms with Crippen molar-refractivity contribution < 1.29 is 19.5 Å². The molecule has 0 spiro atoms. The molecule has 0 aromatic carbocycles. The number of nitrogens with one attached hydrogen (secondary N) is 1. The van der Waals surface area contributed by atoms with E-state index >= 15 is 0 Å². The van der Waals surface area contributed by atoms with Crippen molar-refractivity contribution >= 4 is 17.7 Å². The summed E-state index contributed by atoms with van der Waals surface area (Å²) in [7, 11) is 0. The van der Waals surface area contributed by atoms with Crippen LogP contribution in [0.1, 0.15) is 19.8 Å². The molecule has 2 aliphatic heterocycles. The summed E-state index contributed by atoms with van der Waals surface area (Å²) in [6, 6.07) is -0.607. The van der Waals surface area contributed by atoms with Crippen molar-refractivity contribution in [1.82, 2.24) is 10.2 Å². The molecule has 0 radical (unpaired) electrons. The number of amides is 3. The van der Waals surface area contributed by atoms with Gasteiger partial charge in [0.25, 0.3) is 5.91 Å². The van der Waals surface area contributed by atoms with Crippen LogP contribution in [-0.4, -0.2) is 45.9 Å². The Morgan fingerprint density at radius 2 is 2.00 bits per heavy atom. The second kappa shape index (κ2) is 4.66. The third-order valence-corrected chi connectivity index (χ3v) is 3.97. The number of hydrogen-bond acceptors (Lipinski definition) is 4. The first-order valence-corrected chi connectivity index (χ1v) is 6.86. The fourth-order valence-electron chi connectivity index (χ4n) is 2.76. The molecule has 2 N–H and O–H groups in total. The van der Waals surface area contributed by atoms with Crippen LogP contribution in [0.4, 0.5) is 0 Å². The Morgan fingerprint density at radius 3 is 2.71 bits per heavy atom. The maximum atomic E-state index is 12.5. The lowest BCUT2D eigenvalue weighted by molar-refractivity contribution is -0.142. The summed E-state index contributed by atoms with van der Waals surface area (Å²) in [6.07, 6.45) is 7.08. The summed E-state index contributed by atoms with van der Waals surface area (Å²) in [5, 5.41) is 12.2. The lowest BCUT2D eigenvalue weighted by Gasteiger charge is -2.30. The third kappa shape index (κ3) is 2.42. The van der Waals surface area contributed by atoms with Gasteiger partial charge < -0.3 is 10.0 Å². The smallest absolute Gasteiger partial charge is 0.255 e. The molecular weight excluding hydrogens is 272 g/mol. The third-order valence-electron chi connectivity index (χ3n) is 3.97. The predicted octanol–water partition coefficient (Wildman–Crippen LogP) is -0.193. The lowest BCUT2D eigenvalue weighted by atomic mass is 10.0. The molecular formula is C15H16N2O4. The number of piperidine rings is 1. The van der Waals surface area contributed by atoms with Crippen molar-refractivity contribution in [3.8, 4) is 0 Å². The molecule has 0 saturated carbocycles. The van der Waals surface area contributed by atoms with Crippen LogP contribution >= 0.6 is 0 Å². The molecule has 2 heterocycles. The van der Waals surface area contributed by atoms with Crippen molar-refractivity contribution in [3.63, 3.8) is 0 Å². The Balaban J connectivity index is 1.83. The number of hydrogen-bond donors (Lipinski definition) is 2. The number of aliphatic hydroxyl groups is 1. The Hall–Kier alpha value is -2.21. The Morgan fingerprint density at radius 1 is 1.29 bits per heavy atom. The minimum Gasteiger partial charge on any atom is -0.382 e. The largest absolute Gasteiger partial charge is 0.382 e. The van der Waals surface area contributed by atoms with Gasteiger partial charge in [-0.05, 0) is 37.1 Å². The Kier molecular flexibility index (Phi) is 3.06. The molecule has 0 aromatic heterocycles. The van der Waals surface area contributed by atoms with Gasteiger partial charge in [-0.15, -0.1) is 0 Å². The lowest BCUT2D eigenvalue weighted by Crippen LogP contribution is -2.53. The molecule has 21 heavy (non-hydrogen) atoms. The first-order chi connectivity index (χ1) is 9.87. The van der Waals surface area contributed by atoms with E-state index in [1.165, 1.54) is 4.90 Å². The number of rotatable bonds is 1. The normalized spacial score (nSPS) is 32.4. The summed E-state index contributed by atoms with van der Waals surface area (Å²) in [5.74, 6) is -0.955. The standard InChI is InChI=1S/C15H16N2O4/c1-15(21)6-4-9-8-17(14(20)10(9)5-7-15)11-2-3-12(18)16-13(11)19/h4-7,11,21H,2-3,8H2,1H3,(H,16,18,19). The van der Waals surface area contributed by atoms with Crippen LogP contribution in [0.15, 0.2) is 35.5 Å². The molecule has 1 aliphatic carbocycles. The molecule has 2 unspecified atom stereocenters. The number of carbonyl (C=O) groups excluding carboxylic acids is 3. The van der Waals surface area contributed by atoms with Crippen LogP contribution in [-0.2, 0) is 14.4 Å². The highest BCUT2D eigenvalue weighted by atomic mass is 16.3. The van der Waals surface area contributed by atoms with Crippen molar-refractivity contribution in [1.29, 1.82) is 0 Å². The number of nitrogens with zero attached hydrogens (tertiary/aromatic N) is 1. The maximum Gasteiger partial charge on any atom is 0.255 e. The molecule has 6 nitrogen and oxygen atoms in total. The average Bonchev–Trinajstić information content (AvgIpc) is 2.62. The topological polar surface area (TPSA) is 86.7 Å². The van der Waals surface area contributed by atoms with E-state index in [1.807, 2.05) is 0 Å². The van der Waals surface area contributed by atoms with Gasteiger partial charge in [0.1, 0.15) is 6.04 Å². The fraction of sp³-hybridized carbons (Fsp3) is 0.400. The fourth-order valence-corrected chi connectivity index (χ4v) is 2.76. The van der Waals surface area contributed by atoms with Gasteiger partial charge in [-0.1, -0.05) is 6.08 Å². The van der Waals surface area contributed by atoms with Gasteiger partial charge >= 0.3 is 0 Å². The van der Waals surface area contributed by atoms with Crippen LogP contribution in [0.5, 0.6) is 0 Å². The summed E-state index contributed by atoms with van der Waals surface area (Å²) in [6.45, 7) is 1.95. The van der Waals surface area contributed by atoms with Gasteiger partial charge in [0.15, 0.2) is 0 Å². The molecule has 0 aromatic rings. The highest BCUT2D eigenvalue weighted by Crippen LogP contribution is 2.29. The Labute approximate surface area is 121 Å². The van der Waals surface area contributed by atoms with Gasteiger partial charge in [-0.25, -0.2) is 0 Å². The van der Waals surface area contributed by atoms with Gasteiger partial charge in [0.2, 0.25) is 11.8 Å². The minimum atomic E-state index is -1.08. The minimum absolute atomic E-state index is 0.238. The van der Waals surface area contributed by atoms with Crippen molar-refractivity contribution in [2.45, 2.75) is 31.4 Å². The second-order valence-corrected chi connectivity index (χ2v) is 5.73. The SMILES string of the molecule is CC1(O)C=CC2=C(C=C1)C(=O)N(C1CCC(=O)NC1=O)C2. The average molecular weight is 288 g/mol. The summed E-state index contributed by atoms with van der Waals surface area (Å²) in [5.41, 5.74) is 0.192. The monoisotopic (exact) mass is 288 g/mol. The summed E-state index contributed by atoms with van der Waals surface area (Å²) < 4.78 is 0. The quantitative estimate of drug-likeness (QED) is 0.655. The van der Waals surface area contributed by atoms with E-state index in [-0.39, 0.29) is 18.2 Å². The van der Waals surface area contributed by atoms with E-state index in [2.05, 4.69) is 5.32 Å². The van der Waals surface area contributed by atoms with Crippen LogP contribution in [0.3, 0.4) is 0 Å². The van der Waals surface area contributed by atoms with Crippen LogP contribution in [0.25, 0.3) is 0 Å². The zero-order valence-corrected chi connectivity index (χ0v) is 11.6. The van der Waals surface area contributed by atoms with E-state index < -0.39 is 17.6 Å². The van der Waals surface area contributed by atoms with E-state index in [1.54, 1.807) is 31.2 Å². The van der Waals surface area contributed by atoms with E-state index in [4.69, 9.17) is 0 Å². The molecule has 1 fully saturated rings. The Bertz CT molecular complexity index is 628. The number of imide groups is 1. The molecule has 110 valence electrons. The van der Waals surface area contributed by atoms with E-state index in [0.717, 1.165) is 5.57 Å². The van der Waals surface area contributed by atoms with Gasteiger partial charge in [0.05, 0.1) is 5.60 Å². The summed E-state index contributed by atoms with van der Waals surface area (Å²) in [4.78, 5) is 37.0. The molecule has 0 bridgehead atoms. The number of carbonyl (C=O) groups is 3. The van der Waals surface area contributed by atoms with Crippen LogP contribution in [0.2, 0.25) is 0 Å². The molecule has 6 heteroatoms. The van der Waals surface area contributed by atoms with Crippen molar-refractivity contribution in [2.24, 2.45) is 0 Å². The zero-order chi connectivity index (χ0) is 15.2. The second-order valence-electron chi connectivity index (χ2n) is 5.73. The molecule has 3 amide bonds. The molecule has 3 rings (SSSR count). The first kappa shape index (κ1) is 13.8. The summed E-state index contributed by atoms with van der Waals surface area (Å²) >= 11 is 0. The molecule has 3 aliphatic rings. The van der Waals surface area contributed by atoms with Gasteiger partial charge in [-0.2, -0.15) is 0 Å². The van der Waals surface area contributed by atoms with Gasteiger partial charge in [-0.3, -0.25) is 19.7 Å². The zero-order valence-electron chi connectivity index (χ0n) is 11.6. The predicted molar refractivity (Wildman–Crippen MR) is 73.8 cm³/mol. The maximum absolute atomic E-state index is 12.5. The van der Waals surface area contributed by atoms with E-state index in [0.29, 0.717) is 18.5 Å². The first-order valence-electron chi connectivity index (χ1n) is 6.86. The van der Waals surface area contributed by atoms with Crippen molar-refractivity contribution in [3.05, 3.63) is 35.5 Å². The highest BCUT2D eigenvalue weighted by Gasteiger charge is 2.39. The molecule has 1 saturated heterocycles. The highest BCUT2D eigenvalue weighted by molar-refractivity contribution is 6.06. The van der Waals surface area contributed by atoms with Gasteiger partial charge in [0, 0.05) is 18.5 Å². The van der Waals surface area contributed by atoms with Crippen LogP contribution < -0.4 is 5.32 Å². The van der Waals surface area contributed by atoms with Crippen LogP contribution in [0, 0.1) is 0 Å². The van der Waals surface area contributed by atoms with E-state index in [9.17, 15) is 19.5 Å². The van der Waals surface area contributed by atoms with Crippen molar-refractivity contribution in [2.75, 3.05) is 6.54 Å². The molecule has 2 atom stereocenters.